The van der Waals surface area contributed by atoms with Gasteiger partial charge in [-0.15, -0.1) is 0 Å². The van der Waals surface area contributed by atoms with Crippen LogP contribution in [0.4, 0.5) is 5.69 Å². The van der Waals surface area contributed by atoms with Gasteiger partial charge in [0.1, 0.15) is 5.75 Å². The van der Waals surface area contributed by atoms with Crippen LogP contribution in [0.25, 0.3) is 0 Å². The number of piperidine rings is 1. The van der Waals surface area contributed by atoms with Crippen LogP contribution in [-0.2, 0) is 6.54 Å². The lowest BCUT2D eigenvalue weighted by Crippen LogP contribution is -2.41. The van der Waals surface area contributed by atoms with Crippen molar-refractivity contribution in [2.45, 2.75) is 31.8 Å². The minimum atomic E-state index is 0.184. The molecule has 4 heteroatoms. The molecule has 1 fully saturated rings. The maximum atomic E-state index is 9.78. The van der Waals surface area contributed by atoms with Gasteiger partial charge < -0.3 is 15.9 Å². The second-order valence-electron chi connectivity index (χ2n) is 4.69. The van der Waals surface area contributed by atoms with Gasteiger partial charge in [-0.3, -0.25) is 4.90 Å². The van der Waals surface area contributed by atoms with Crippen molar-refractivity contribution < 1.29 is 10.2 Å². The lowest BCUT2D eigenvalue weighted by molar-refractivity contribution is 0.0835. The molecule has 0 radical (unpaired) electrons. The van der Waals surface area contributed by atoms with Crippen LogP contribution in [0.2, 0.25) is 0 Å². The van der Waals surface area contributed by atoms with E-state index >= 15 is 0 Å². The molecule has 94 valence electrons. The van der Waals surface area contributed by atoms with Crippen LogP contribution in [-0.4, -0.2) is 34.3 Å². The van der Waals surface area contributed by atoms with Crippen molar-refractivity contribution in [1.82, 2.24) is 4.90 Å². The predicted molar refractivity (Wildman–Crippen MR) is 67.7 cm³/mol. The Morgan fingerprint density at radius 3 is 2.94 bits per heavy atom. The Morgan fingerprint density at radius 1 is 1.35 bits per heavy atom. The highest BCUT2D eigenvalue weighted by molar-refractivity contribution is 5.47. The molecule has 0 bridgehead atoms. The third kappa shape index (κ3) is 2.90. The third-order valence-electron chi connectivity index (χ3n) is 3.44. The lowest BCUT2D eigenvalue weighted by Gasteiger charge is -2.34. The summed E-state index contributed by atoms with van der Waals surface area (Å²) >= 11 is 0. The Morgan fingerprint density at radius 2 is 2.18 bits per heavy atom. The highest BCUT2D eigenvalue weighted by Gasteiger charge is 2.22. The van der Waals surface area contributed by atoms with E-state index in [1.165, 1.54) is 6.42 Å². The number of anilines is 1. The molecule has 1 saturated heterocycles. The van der Waals surface area contributed by atoms with Crippen LogP contribution < -0.4 is 5.73 Å². The van der Waals surface area contributed by atoms with Crippen molar-refractivity contribution >= 4 is 5.69 Å². The fraction of sp³-hybridized carbons (Fsp3) is 0.538. The number of rotatable bonds is 3. The molecule has 0 aliphatic carbocycles. The molecule has 4 nitrogen and oxygen atoms in total. The molecule has 1 atom stereocenters. The van der Waals surface area contributed by atoms with Crippen LogP contribution in [0.3, 0.4) is 0 Å². The van der Waals surface area contributed by atoms with Gasteiger partial charge in [-0.05, 0) is 37.6 Å². The number of likely N-dealkylation sites (tertiary alicyclic amines) is 1. The topological polar surface area (TPSA) is 69.7 Å². The molecule has 1 aromatic rings. The molecule has 4 N–H and O–H groups in total. The molecular weight excluding hydrogens is 216 g/mol. The highest BCUT2D eigenvalue weighted by atomic mass is 16.3. The highest BCUT2D eigenvalue weighted by Crippen LogP contribution is 2.25. The smallest absolute Gasteiger partial charge is 0.120 e. The van der Waals surface area contributed by atoms with Crippen LogP contribution >= 0.6 is 0 Å². The Kier molecular flexibility index (Phi) is 3.86. The van der Waals surface area contributed by atoms with E-state index in [2.05, 4.69) is 4.90 Å². The van der Waals surface area contributed by atoms with Gasteiger partial charge in [-0.25, -0.2) is 0 Å². The molecule has 0 saturated carbocycles. The molecule has 0 amide bonds. The predicted octanol–water partition coefficient (Wildman–Crippen LogP) is 1.32. The lowest BCUT2D eigenvalue weighted by atomic mass is 10.0. The summed E-state index contributed by atoms with van der Waals surface area (Å²) in [4.78, 5) is 2.22. The zero-order chi connectivity index (χ0) is 12.3. The van der Waals surface area contributed by atoms with Crippen LogP contribution in [0.1, 0.15) is 24.8 Å². The molecule has 2 rings (SSSR count). The molecule has 1 aliphatic heterocycles. The minimum absolute atomic E-state index is 0.184. The average molecular weight is 236 g/mol. The van der Waals surface area contributed by atoms with Gasteiger partial charge >= 0.3 is 0 Å². The number of nitrogens with two attached hydrogens (primary N) is 1. The number of aromatic hydroxyl groups is 1. The molecular formula is C13H20N2O2. The molecule has 17 heavy (non-hydrogen) atoms. The number of nitrogens with zero attached hydrogens (tertiary/aromatic N) is 1. The number of phenols is 1. The Labute approximate surface area is 102 Å². The summed E-state index contributed by atoms with van der Waals surface area (Å²) in [7, 11) is 0. The Balaban J connectivity index is 2.10. The van der Waals surface area contributed by atoms with Gasteiger partial charge in [-0.1, -0.05) is 6.42 Å². The van der Waals surface area contributed by atoms with E-state index in [9.17, 15) is 10.2 Å². The minimum Gasteiger partial charge on any atom is -0.508 e. The normalized spacial score (nSPS) is 21.6. The van der Waals surface area contributed by atoms with Gasteiger partial charge in [0.05, 0.1) is 6.61 Å². The van der Waals surface area contributed by atoms with Crippen LogP contribution in [0, 0.1) is 0 Å². The van der Waals surface area contributed by atoms with Gasteiger partial charge in [0, 0.05) is 23.8 Å². The number of phenolic OH excluding ortho intramolecular Hbond substituents is 1. The summed E-state index contributed by atoms with van der Waals surface area (Å²) in [6.45, 7) is 1.81. The van der Waals surface area contributed by atoms with Crippen molar-refractivity contribution in [2.24, 2.45) is 0 Å². The zero-order valence-electron chi connectivity index (χ0n) is 9.97. The quantitative estimate of drug-likeness (QED) is 0.547. The summed E-state index contributed by atoms with van der Waals surface area (Å²) in [6.07, 6.45) is 3.35. The van der Waals surface area contributed by atoms with Gasteiger partial charge in [0.15, 0.2) is 0 Å². The van der Waals surface area contributed by atoms with E-state index in [0.717, 1.165) is 24.9 Å². The van der Waals surface area contributed by atoms with Crippen molar-refractivity contribution in [3.05, 3.63) is 23.8 Å². The largest absolute Gasteiger partial charge is 0.508 e. The first-order valence-electron chi connectivity index (χ1n) is 6.13. The van der Waals surface area contributed by atoms with Gasteiger partial charge in [-0.2, -0.15) is 0 Å². The SMILES string of the molecule is Nc1ccc(O)c(CN2CCCCC2CO)c1. The first-order chi connectivity index (χ1) is 8.20. The van der Waals surface area contributed by atoms with E-state index in [1.54, 1.807) is 18.2 Å². The number of aliphatic hydroxyl groups is 1. The van der Waals surface area contributed by atoms with Crippen LogP contribution in [0.5, 0.6) is 5.75 Å². The Bertz CT molecular complexity index is 382. The van der Waals surface area contributed by atoms with Gasteiger partial charge in [0.2, 0.25) is 0 Å². The summed E-state index contributed by atoms with van der Waals surface area (Å²) in [6, 6.07) is 5.34. The molecule has 0 spiro atoms. The number of hydrogen-bond acceptors (Lipinski definition) is 4. The fourth-order valence-corrected chi connectivity index (χ4v) is 2.43. The second-order valence-corrected chi connectivity index (χ2v) is 4.69. The molecule has 0 aromatic heterocycles. The van der Waals surface area contributed by atoms with E-state index in [-0.39, 0.29) is 18.4 Å². The second kappa shape index (κ2) is 5.38. The molecule has 1 aliphatic rings. The maximum Gasteiger partial charge on any atom is 0.120 e. The van der Waals surface area contributed by atoms with E-state index in [4.69, 9.17) is 5.73 Å². The zero-order valence-corrected chi connectivity index (χ0v) is 9.97. The first-order valence-corrected chi connectivity index (χ1v) is 6.13. The van der Waals surface area contributed by atoms with Crippen molar-refractivity contribution in [1.29, 1.82) is 0 Å². The number of benzene rings is 1. The summed E-state index contributed by atoms with van der Waals surface area (Å²) in [5.41, 5.74) is 7.22. The molecule has 1 aromatic carbocycles. The van der Waals surface area contributed by atoms with Crippen LogP contribution in [0.15, 0.2) is 18.2 Å². The van der Waals surface area contributed by atoms with Gasteiger partial charge in [0.25, 0.3) is 0 Å². The monoisotopic (exact) mass is 236 g/mol. The van der Waals surface area contributed by atoms with E-state index in [1.807, 2.05) is 0 Å². The number of aliphatic hydroxyl groups excluding tert-OH is 1. The molecule has 1 unspecified atom stereocenters. The first kappa shape index (κ1) is 12.2. The fourth-order valence-electron chi connectivity index (χ4n) is 2.43. The third-order valence-corrected chi connectivity index (χ3v) is 3.44. The molecule has 1 heterocycles. The summed E-state index contributed by atoms with van der Waals surface area (Å²) in [5, 5.41) is 19.1. The summed E-state index contributed by atoms with van der Waals surface area (Å²) < 4.78 is 0. The van der Waals surface area contributed by atoms with Crippen molar-refractivity contribution in [2.75, 3.05) is 18.9 Å². The number of nitrogen functional groups attached to an aromatic ring is 1. The number of hydrogen-bond donors (Lipinski definition) is 3. The van der Waals surface area contributed by atoms with Crippen molar-refractivity contribution in [3.63, 3.8) is 0 Å². The maximum absolute atomic E-state index is 9.78. The standard InChI is InChI=1S/C13H20N2O2/c14-11-4-5-13(17)10(7-11)8-15-6-2-1-3-12(15)9-16/h4-5,7,12,16-17H,1-3,6,8-9,14H2. The van der Waals surface area contributed by atoms with E-state index in [0.29, 0.717) is 12.2 Å². The van der Waals surface area contributed by atoms with E-state index < -0.39 is 0 Å². The summed E-state index contributed by atoms with van der Waals surface area (Å²) in [5.74, 6) is 0.279. The van der Waals surface area contributed by atoms with Crippen molar-refractivity contribution in [3.8, 4) is 5.75 Å². The average Bonchev–Trinajstić information content (AvgIpc) is 2.34. The Hall–Kier alpha value is -1.26.